The van der Waals surface area contributed by atoms with Crippen molar-refractivity contribution in [3.8, 4) is 0 Å². The lowest BCUT2D eigenvalue weighted by molar-refractivity contribution is 0.592. The number of unbranched alkanes of at least 4 members (excludes halogenated alkanes) is 1. The second-order valence-corrected chi connectivity index (χ2v) is 7.56. The Balaban J connectivity index is 2.05. The van der Waals surface area contributed by atoms with Crippen LogP contribution in [0, 0.1) is 0 Å². The number of nitrogens with zero attached hydrogens (tertiary/aromatic N) is 2. The summed E-state index contributed by atoms with van der Waals surface area (Å²) in [5, 5.41) is 0.880. The Morgan fingerprint density at radius 2 is 1.50 bits per heavy atom. The van der Waals surface area contributed by atoms with Crippen LogP contribution in [0.2, 0.25) is 0 Å². The molecule has 0 spiro atoms. The maximum absolute atomic E-state index is 13.0. The van der Waals surface area contributed by atoms with Crippen molar-refractivity contribution >= 4 is 43.2 Å². The van der Waals surface area contributed by atoms with Crippen LogP contribution in [-0.4, -0.2) is 20.3 Å². The second kappa shape index (κ2) is 6.30. The highest BCUT2D eigenvalue weighted by Crippen LogP contribution is 2.44. The van der Waals surface area contributed by atoms with Crippen molar-refractivity contribution in [3.63, 3.8) is 0 Å². The minimum absolute atomic E-state index is 0.494. The smallest absolute Gasteiger partial charge is 0.251 e. The van der Waals surface area contributed by atoms with Gasteiger partial charge in [0.05, 0.1) is 17.1 Å². The normalized spacial score (nSPS) is 15.9. The summed E-state index contributed by atoms with van der Waals surface area (Å²) in [6.07, 6.45) is 1.76. The zero-order valence-corrected chi connectivity index (χ0v) is 14.4. The van der Waals surface area contributed by atoms with Gasteiger partial charge in [0.15, 0.2) is 0 Å². The molecule has 0 saturated carbocycles. The third kappa shape index (κ3) is 2.61. The summed E-state index contributed by atoms with van der Waals surface area (Å²) in [5.74, 6) is 0. The highest BCUT2D eigenvalue weighted by molar-refractivity contribution is 9.09. The van der Waals surface area contributed by atoms with Crippen LogP contribution in [0.15, 0.2) is 54.6 Å². The van der Waals surface area contributed by atoms with Crippen molar-refractivity contribution in [2.75, 3.05) is 20.5 Å². The highest BCUT2D eigenvalue weighted by atomic mass is 79.9. The lowest BCUT2D eigenvalue weighted by Crippen LogP contribution is -2.36. The summed E-state index contributed by atoms with van der Waals surface area (Å²) < 4.78 is 28.9. The van der Waals surface area contributed by atoms with Gasteiger partial charge in [0.2, 0.25) is 0 Å². The first-order valence-corrected chi connectivity index (χ1v) is 9.71. The van der Waals surface area contributed by atoms with Crippen molar-refractivity contribution in [2.24, 2.45) is 0 Å². The van der Waals surface area contributed by atoms with Gasteiger partial charge in [-0.3, -0.25) is 4.31 Å². The zero-order chi connectivity index (χ0) is 15.6. The molecule has 2 aromatic carbocycles. The van der Waals surface area contributed by atoms with Crippen molar-refractivity contribution in [1.29, 1.82) is 0 Å². The zero-order valence-electron chi connectivity index (χ0n) is 12.0. The third-order valence-corrected chi connectivity index (χ3v) is 5.98. The lowest BCUT2D eigenvalue weighted by Gasteiger charge is -2.21. The van der Waals surface area contributed by atoms with Gasteiger partial charge in [-0.25, -0.2) is 4.31 Å². The quantitative estimate of drug-likeness (QED) is 0.579. The number of fused-ring (bicyclic) bond motifs is 1. The first kappa shape index (κ1) is 15.4. The first-order valence-electron chi connectivity index (χ1n) is 7.19. The van der Waals surface area contributed by atoms with E-state index in [0.717, 1.165) is 23.9 Å². The van der Waals surface area contributed by atoms with E-state index in [9.17, 15) is 8.42 Å². The number of benzene rings is 2. The average Bonchev–Trinajstić information content (AvgIpc) is 2.75. The molecule has 22 heavy (non-hydrogen) atoms. The van der Waals surface area contributed by atoms with E-state index in [1.807, 2.05) is 54.6 Å². The molecule has 6 heteroatoms. The molecule has 2 aromatic rings. The molecule has 4 nitrogen and oxygen atoms in total. The molecule has 0 fully saturated rings. The van der Waals surface area contributed by atoms with E-state index in [1.165, 1.54) is 8.61 Å². The Labute approximate surface area is 139 Å². The molecule has 116 valence electrons. The molecule has 1 heterocycles. The number of anilines is 3. The number of rotatable bonds is 5. The number of alkyl halides is 1. The van der Waals surface area contributed by atoms with Gasteiger partial charge >= 0.3 is 10.2 Å². The van der Waals surface area contributed by atoms with Gasteiger partial charge in [-0.2, -0.15) is 8.42 Å². The van der Waals surface area contributed by atoms with Crippen molar-refractivity contribution in [1.82, 2.24) is 0 Å². The second-order valence-electron chi connectivity index (χ2n) is 5.06. The summed E-state index contributed by atoms with van der Waals surface area (Å²) >= 11 is 3.39. The van der Waals surface area contributed by atoms with Crippen LogP contribution in [-0.2, 0) is 10.2 Å². The van der Waals surface area contributed by atoms with Gasteiger partial charge in [-0.1, -0.05) is 46.3 Å². The third-order valence-electron chi connectivity index (χ3n) is 3.61. The molecule has 0 amide bonds. The van der Waals surface area contributed by atoms with Crippen molar-refractivity contribution in [2.45, 2.75) is 12.8 Å². The average molecular weight is 381 g/mol. The van der Waals surface area contributed by atoms with Gasteiger partial charge < -0.3 is 0 Å². The Morgan fingerprint density at radius 3 is 2.18 bits per heavy atom. The van der Waals surface area contributed by atoms with E-state index in [-0.39, 0.29) is 0 Å². The Morgan fingerprint density at radius 1 is 0.864 bits per heavy atom. The Kier molecular flexibility index (Phi) is 4.40. The van der Waals surface area contributed by atoms with Gasteiger partial charge in [0.25, 0.3) is 0 Å². The van der Waals surface area contributed by atoms with Crippen LogP contribution in [0.1, 0.15) is 12.8 Å². The number of hydrogen-bond acceptors (Lipinski definition) is 2. The van der Waals surface area contributed by atoms with E-state index in [2.05, 4.69) is 15.9 Å². The highest BCUT2D eigenvalue weighted by Gasteiger charge is 2.40. The molecule has 0 aromatic heterocycles. The van der Waals surface area contributed by atoms with E-state index in [1.54, 1.807) is 0 Å². The summed E-state index contributed by atoms with van der Waals surface area (Å²) in [6.45, 7) is 0.494. The predicted molar refractivity (Wildman–Crippen MR) is 94.3 cm³/mol. The van der Waals surface area contributed by atoms with Crippen molar-refractivity contribution < 1.29 is 8.42 Å². The largest absolute Gasteiger partial charge is 0.330 e. The molecule has 0 aliphatic carbocycles. The van der Waals surface area contributed by atoms with Crippen LogP contribution in [0.4, 0.5) is 17.1 Å². The minimum Gasteiger partial charge on any atom is -0.251 e. The van der Waals surface area contributed by atoms with Crippen LogP contribution >= 0.6 is 15.9 Å². The van der Waals surface area contributed by atoms with Crippen LogP contribution < -0.4 is 8.61 Å². The molecule has 3 rings (SSSR count). The van der Waals surface area contributed by atoms with E-state index < -0.39 is 10.2 Å². The molecule has 1 aliphatic heterocycles. The number of halogens is 1. The SMILES string of the molecule is O=S1(=O)N(CCCCBr)c2ccccc2N1c1ccccc1. The van der Waals surface area contributed by atoms with Crippen molar-refractivity contribution in [3.05, 3.63) is 54.6 Å². The molecular weight excluding hydrogens is 364 g/mol. The topological polar surface area (TPSA) is 40.6 Å². The van der Waals surface area contributed by atoms with Gasteiger partial charge in [-0.15, -0.1) is 0 Å². The van der Waals surface area contributed by atoms with Gasteiger partial charge in [-0.05, 0) is 37.1 Å². The maximum atomic E-state index is 13.0. The molecule has 0 bridgehead atoms. The predicted octanol–water partition coefficient (Wildman–Crippen LogP) is 4.06. The van der Waals surface area contributed by atoms with Crippen LogP contribution in [0.3, 0.4) is 0 Å². The number of hydrogen-bond donors (Lipinski definition) is 0. The summed E-state index contributed by atoms with van der Waals surface area (Å²) in [6, 6.07) is 16.7. The van der Waals surface area contributed by atoms with Crippen LogP contribution in [0.5, 0.6) is 0 Å². The fourth-order valence-electron chi connectivity index (χ4n) is 2.62. The van der Waals surface area contributed by atoms with E-state index in [0.29, 0.717) is 17.9 Å². The lowest BCUT2D eigenvalue weighted by atomic mass is 10.2. The standard InChI is InChI=1S/C16H17BrN2O2S/c17-12-6-7-13-18-15-10-4-5-11-16(15)19(22(18,20)21)14-8-2-1-3-9-14/h1-5,8-11H,6-7,12-13H2. The molecule has 0 saturated heterocycles. The molecular formula is C16H17BrN2O2S. The molecule has 0 atom stereocenters. The summed E-state index contributed by atoms with van der Waals surface area (Å²) in [4.78, 5) is 0. The minimum atomic E-state index is -3.57. The van der Waals surface area contributed by atoms with Gasteiger partial charge in [0, 0.05) is 11.9 Å². The van der Waals surface area contributed by atoms with E-state index in [4.69, 9.17) is 0 Å². The van der Waals surface area contributed by atoms with Crippen LogP contribution in [0.25, 0.3) is 0 Å². The molecule has 0 unspecified atom stereocenters. The molecule has 0 radical (unpaired) electrons. The fourth-order valence-corrected chi connectivity index (χ4v) is 4.76. The monoisotopic (exact) mass is 380 g/mol. The Hall–Kier alpha value is -1.53. The van der Waals surface area contributed by atoms with Gasteiger partial charge in [0.1, 0.15) is 0 Å². The molecule has 0 N–H and O–H groups in total. The van der Waals surface area contributed by atoms with E-state index >= 15 is 0 Å². The summed E-state index contributed by atoms with van der Waals surface area (Å²) in [5.41, 5.74) is 2.13. The maximum Gasteiger partial charge on any atom is 0.330 e. The number of para-hydroxylation sites is 3. The Bertz CT molecular complexity index is 750. The molecule has 1 aliphatic rings. The fraction of sp³-hybridized carbons (Fsp3) is 0.250. The summed E-state index contributed by atoms with van der Waals surface area (Å²) in [7, 11) is -3.57. The first-order chi connectivity index (χ1) is 10.7.